The van der Waals surface area contributed by atoms with Crippen molar-refractivity contribution in [2.24, 2.45) is 0 Å². The van der Waals surface area contributed by atoms with Crippen molar-refractivity contribution >= 4 is 60.2 Å². The molecule has 0 radical (unpaired) electrons. The van der Waals surface area contributed by atoms with Gasteiger partial charge in [0.05, 0.1) is 10.5 Å². The maximum Gasteiger partial charge on any atom is 0.163 e. The molecule has 3 rings (SSSR count). The zero-order valence-electron chi connectivity index (χ0n) is 11.0. The molecule has 0 aliphatic carbocycles. The zero-order chi connectivity index (χ0) is 15.1. The van der Waals surface area contributed by atoms with Crippen LogP contribution in [-0.2, 0) is 0 Å². The van der Waals surface area contributed by atoms with Gasteiger partial charge in [0.2, 0.25) is 0 Å². The Labute approximate surface area is 143 Å². The maximum atomic E-state index is 6.36. The van der Waals surface area contributed by atoms with Crippen LogP contribution in [0.2, 0.25) is 5.02 Å². The van der Waals surface area contributed by atoms with Crippen molar-refractivity contribution in [3.63, 3.8) is 0 Å². The van der Waals surface area contributed by atoms with Gasteiger partial charge in [-0.1, -0.05) is 39.7 Å². The summed E-state index contributed by atoms with van der Waals surface area (Å²) in [7, 11) is 0. The zero-order valence-corrected chi connectivity index (χ0v) is 14.9. The lowest BCUT2D eigenvalue weighted by molar-refractivity contribution is 1.22. The van der Waals surface area contributed by atoms with Crippen molar-refractivity contribution in [2.75, 3.05) is 5.73 Å². The molecule has 1 aromatic heterocycles. The number of hydrogen-bond acceptors (Lipinski definition) is 3. The van der Waals surface area contributed by atoms with Crippen LogP contribution in [0.15, 0.2) is 39.3 Å². The number of halogens is 3. The smallest absolute Gasteiger partial charge is 0.163 e. The van der Waals surface area contributed by atoms with Crippen molar-refractivity contribution in [1.29, 1.82) is 0 Å². The Morgan fingerprint density at radius 2 is 1.90 bits per heavy atom. The first kappa shape index (κ1) is 14.8. The Morgan fingerprint density at radius 1 is 1.14 bits per heavy atom. The van der Waals surface area contributed by atoms with Crippen molar-refractivity contribution in [1.82, 2.24) is 9.97 Å². The molecule has 0 bridgehead atoms. The normalized spacial score (nSPS) is 11.0. The van der Waals surface area contributed by atoms with E-state index in [2.05, 4.69) is 41.8 Å². The molecule has 0 amide bonds. The van der Waals surface area contributed by atoms with E-state index in [4.69, 9.17) is 17.3 Å². The predicted octanol–water partition coefficient (Wildman–Crippen LogP) is 5.37. The molecule has 106 valence electrons. The molecule has 0 aliphatic heterocycles. The van der Waals surface area contributed by atoms with Gasteiger partial charge in [-0.2, -0.15) is 0 Å². The molecule has 2 N–H and O–H groups in total. The van der Waals surface area contributed by atoms with E-state index in [1.54, 1.807) is 0 Å². The molecule has 6 heteroatoms. The number of rotatable bonds is 1. The Bertz CT molecular complexity index is 865. The van der Waals surface area contributed by atoms with Crippen LogP contribution in [0.1, 0.15) is 5.56 Å². The van der Waals surface area contributed by atoms with Gasteiger partial charge in [-0.25, -0.2) is 9.97 Å². The van der Waals surface area contributed by atoms with E-state index in [1.807, 2.05) is 37.3 Å². The Morgan fingerprint density at radius 3 is 2.67 bits per heavy atom. The second-order valence-corrected chi connectivity index (χ2v) is 6.80. The molecule has 0 aliphatic rings. The average molecular weight is 428 g/mol. The summed E-state index contributed by atoms with van der Waals surface area (Å²) in [4.78, 5) is 9.00. The van der Waals surface area contributed by atoms with Gasteiger partial charge in [0, 0.05) is 19.9 Å². The molecule has 0 saturated heterocycles. The van der Waals surface area contributed by atoms with Crippen molar-refractivity contribution in [2.45, 2.75) is 6.92 Å². The van der Waals surface area contributed by atoms with Gasteiger partial charge in [0.25, 0.3) is 0 Å². The highest BCUT2D eigenvalue weighted by Crippen LogP contribution is 2.34. The first-order chi connectivity index (χ1) is 9.97. The molecule has 1 heterocycles. The third kappa shape index (κ3) is 2.65. The van der Waals surface area contributed by atoms with E-state index in [1.165, 1.54) is 0 Å². The number of anilines is 1. The second-order valence-electron chi connectivity index (χ2n) is 4.65. The van der Waals surface area contributed by atoms with Gasteiger partial charge < -0.3 is 5.73 Å². The van der Waals surface area contributed by atoms with Crippen LogP contribution in [0.25, 0.3) is 22.3 Å². The van der Waals surface area contributed by atoms with Crippen LogP contribution < -0.4 is 5.73 Å². The van der Waals surface area contributed by atoms with E-state index in [0.29, 0.717) is 16.7 Å². The van der Waals surface area contributed by atoms with E-state index < -0.39 is 0 Å². The predicted molar refractivity (Wildman–Crippen MR) is 94.5 cm³/mol. The Kier molecular flexibility index (Phi) is 3.90. The summed E-state index contributed by atoms with van der Waals surface area (Å²) in [5.41, 5.74) is 8.60. The fraction of sp³-hybridized carbons (Fsp3) is 0.0667. The molecule has 0 saturated carbocycles. The van der Waals surface area contributed by atoms with Gasteiger partial charge in [-0.05, 0) is 46.6 Å². The first-order valence-corrected chi connectivity index (χ1v) is 8.11. The van der Waals surface area contributed by atoms with Crippen LogP contribution in [0.3, 0.4) is 0 Å². The highest BCUT2D eigenvalue weighted by Gasteiger charge is 2.13. The van der Waals surface area contributed by atoms with Gasteiger partial charge in [-0.15, -0.1) is 0 Å². The number of nitrogens with zero attached hydrogens (tertiary/aromatic N) is 2. The van der Waals surface area contributed by atoms with Crippen LogP contribution in [-0.4, -0.2) is 9.97 Å². The maximum absolute atomic E-state index is 6.36. The molecular weight excluding hydrogens is 417 g/mol. The number of hydrogen-bond donors (Lipinski definition) is 1. The molecule has 2 aromatic carbocycles. The number of fused-ring (bicyclic) bond motifs is 1. The fourth-order valence-electron chi connectivity index (χ4n) is 2.12. The number of nitrogens with two attached hydrogens (primary N) is 1. The highest BCUT2D eigenvalue weighted by atomic mass is 79.9. The molecular formula is C15H10Br2ClN3. The third-order valence-corrected chi connectivity index (χ3v) is 4.74. The van der Waals surface area contributed by atoms with E-state index >= 15 is 0 Å². The minimum atomic E-state index is 0.426. The standard InChI is InChI=1S/C15H10Br2ClN3/c1-7-3-2-4-9(12(7)18)15-20-13-10(14(19)21-15)5-8(16)6-11(13)17/h2-6H,1H3,(H2,19,20,21). The van der Waals surface area contributed by atoms with Gasteiger partial charge >= 0.3 is 0 Å². The number of benzene rings is 2. The molecule has 21 heavy (non-hydrogen) atoms. The first-order valence-electron chi connectivity index (χ1n) is 6.15. The third-order valence-electron chi connectivity index (χ3n) is 3.18. The molecule has 0 spiro atoms. The number of aryl methyl sites for hydroxylation is 1. The summed E-state index contributed by atoms with van der Waals surface area (Å²) in [6.07, 6.45) is 0. The quantitative estimate of drug-likeness (QED) is 0.568. The SMILES string of the molecule is Cc1cccc(-c2nc(N)c3cc(Br)cc(Br)c3n2)c1Cl. The second kappa shape index (κ2) is 5.55. The lowest BCUT2D eigenvalue weighted by atomic mass is 10.1. The molecule has 3 nitrogen and oxygen atoms in total. The Balaban J connectivity index is 2.33. The van der Waals surface area contributed by atoms with E-state index in [-0.39, 0.29) is 0 Å². The topological polar surface area (TPSA) is 51.8 Å². The average Bonchev–Trinajstić information content (AvgIpc) is 2.43. The van der Waals surface area contributed by atoms with Crippen LogP contribution in [0.5, 0.6) is 0 Å². The molecule has 3 aromatic rings. The van der Waals surface area contributed by atoms with Crippen molar-refractivity contribution in [3.05, 3.63) is 49.9 Å². The molecule has 0 unspecified atom stereocenters. The monoisotopic (exact) mass is 425 g/mol. The Hall–Kier alpha value is -1.17. The van der Waals surface area contributed by atoms with Crippen LogP contribution >= 0.6 is 43.5 Å². The molecule has 0 fully saturated rings. The summed E-state index contributed by atoms with van der Waals surface area (Å²) in [5, 5.41) is 1.44. The van der Waals surface area contributed by atoms with Gasteiger partial charge in [-0.3, -0.25) is 0 Å². The minimum Gasteiger partial charge on any atom is -0.383 e. The van der Waals surface area contributed by atoms with Crippen LogP contribution in [0, 0.1) is 6.92 Å². The molecule has 0 atom stereocenters. The fourth-order valence-corrected chi connectivity index (χ4v) is 3.65. The number of aromatic nitrogens is 2. The minimum absolute atomic E-state index is 0.426. The van der Waals surface area contributed by atoms with E-state index in [9.17, 15) is 0 Å². The van der Waals surface area contributed by atoms with Crippen LogP contribution in [0.4, 0.5) is 5.82 Å². The van der Waals surface area contributed by atoms with Gasteiger partial charge in [0.1, 0.15) is 5.82 Å². The van der Waals surface area contributed by atoms with Gasteiger partial charge in [0.15, 0.2) is 5.82 Å². The largest absolute Gasteiger partial charge is 0.383 e. The lowest BCUT2D eigenvalue weighted by Gasteiger charge is -2.09. The van der Waals surface area contributed by atoms with E-state index in [0.717, 1.165) is 31.0 Å². The summed E-state index contributed by atoms with van der Waals surface area (Å²) in [6, 6.07) is 9.59. The van der Waals surface area contributed by atoms with Crippen molar-refractivity contribution in [3.8, 4) is 11.4 Å². The number of nitrogen functional groups attached to an aromatic ring is 1. The summed E-state index contributed by atoms with van der Waals surface area (Å²) < 4.78 is 1.77. The summed E-state index contributed by atoms with van der Waals surface area (Å²) in [6.45, 7) is 1.95. The summed E-state index contributed by atoms with van der Waals surface area (Å²) in [5.74, 6) is 0.950. The van der Waals surface area contributed by atoms with Crippen molar-refractivity contribution < 1.29 is 0 Å². The highest BCUT2D eigenvalue weighted by molar-refractivity contribution is 9.11. The summed E-state index contributed by atoms with van der Waals surface area (Å²) >= 11 is 13.3. The lowest BCUT2D eigenvalue weighted by Crippen LogP contribution is -1.99.